The number of hydrogen-bond donors (Lipinski definition) is 1. The van der Waals surface area contributed by atoms with E-state index in [1.807, 2.05) is 0 Å². The van der Waals surface area contributed by atoms with E-state index >= 15 is 0 Å². The van der Waals surface area contributed by atoms with Crippen LogP contribution in [0.15, 0.2) is 18.2 Å². The predicted octanol–water partition coefficient (Wildman–Crippen LogP) is 0.167. The minimum atomic E-state index is -0.749. The van der Waals surface area contributed by atoms with E-state index in [9.17, 15) is 19.2 Å². The van der Waals surface area contributed by atoms with Crippen LogP contribution in [0.2, 0.25) is 0 Å². The lowest BCUT2D eigenvalue weighted by Crippen LogP contribution is -2.40. The molecule has 0 unspecified atom stereocenters. The van der Waals surface area contributed by atoms with E-state index in [-0.39, 0.29) is 24.2 Å². The maximum Gasteiger partial charge on any atom is 0.344 e. The van der Waals surface area contributed by atoms with E-state index < -0.39 is 25.1 Å². The highest BCUT2D eigenvalue weighted by atomic mass is 16.6. The predicted molar refractivity (Wildman–Crippen MR) is 93.6 cm³/mol. The van der Waals surface area contributed by atoms with E-state index in [2.05, 4.69) is 5.32 Å². The molecule has 0 saturated heterocycles. The zero-order chi connectivity index (χ0) is 19.8. The lowest BCUT2D eigenvalue weighted by Gasteiger charge is -2.16. The van der Waals surface area contributed by atoms with Crippen molar-refractivity contribution < 1.29 is 33.4 Å². The Labute approximate surface area is 156 Å². The molecule has 1 aromatic carbocycles. The van der Waals surface area contributed by atoms with Crippen molar-refractivity contribution in [2.75, 3.05) is 33.9 Å². The lowest BCUT2D eigenvalue weighted by molar-refractivity contribution is -0.153. The van der Waals surface area contributed by atoms with Gasteiger partial charge in [0, 0.05) is 18.7 Å². The molecule has 0 atom stereocenters. The molecule has 146 valence electrons. The van der Waals surface area contributed by atoms with E-state index in [1.54, 1.807) is 0 Å². The van der Waals surface area contributed by atoms with Crippen LogP contribution in [0.5, 0.6) is 11.5 Å². The third-order valence-corrected chi connectivity index (χ3v) is 3.77. The van der Waals surface area contributed by atoms with Crippen LogP contribution in [-0.2, 0) is 19.1 Å². The highest BCUT2D eigenvalue weighted by Gasteiger charge is 2.24. The second-order valence-electron chi connectivity index (χ2n) is 6.07. The molecule has 0 aromatic heterocycles. The number of amides is 2. The fourth-order valence-electron chi connectivity index (χ4n) is 2.11. The van der Waals surface area contributed by atoms with Crippen LogP contribution >= 0.6 is 0 Å². The number of aldehydes is 1. The van der Waals surface area contributed by atoms with Crippen molar-refractivity contribution in [1.29, 1.82) is 0 Å². The fourth-order valence-corrected chi connectivity index (χ4v) is 2.11. The highest BCUT2D eigenvalue weighted by molar-refractivity contribution is 5.86. The quantitative estimate of drug-likeness (QED) is 0.456. The average molecular weight is 378 g/mol. The standard InChI is InChI=1S/C18H22N2O7/c1-20(8-16(22)19-13-4-5-13)17(23)10-27-18(24)11-26-14-6-3-12(9-21)7-15(14)25-2/h3,6-7,9,13H,4-5,8,10-11H2,1-2H3,(H,19,22). The molecule has 1 aromatic rings. The molecular weight excluding hydrogens is 356 g/mol. The number of carbonyl (C=O) groups excluding carboxylic acids is 4. The van der Waals surface area contributed by atoms with Gasteiger partial charge in [0.05, 0.1) is 13.7 Å². The number of likely N-dealkylation sites (N-methyl/N-ethyl adjacent to an activating group) is 1. The van der Waals surface area contributed by atoms with Crippen LogP contribution in [0.1, 0.15) is 23.2 Å². The molecule has 2 rings (SSSR count). The summed E-state index contributed by atoms with van der Waals surface area (Å²) in [5, 5.41) is 2.77. The Hall–Kier alpha value is -3.10. The Morgan fingerprint density at radius 3 is 2.59 bits per heavy atom. The van der Waals surface area contributed by atoms with E-state index in [4.69, 9.17) is 14.2 Å². The van der Waals surface area contributed by atoms with Gasteiger partial charge in [-0.1, -0.05) is 0 Å². The van der Waals surface area contributed by atoms with E-state index in [1.165, 1.54) is 37.3 Å². The number of hydrogen-bond acceptors (Lipinski definition) is 7. The smallest absolute Gasteiger partial charge is 0.344 e. The minimum Gasteiger partial charge on any atom is -0.493 e. The van der Waals surface area contributed by atoms with E-state index in [0.29, 0.717) is 17.6 Å². The molecule has 0 heterocycles. The number of esters is 1. The minimum absolute atomic E-state index is 0.0936. The van der Waals surface area contributed by atoms with Crippen LogP contribution in [-0.4, -0.2) is 68.9 Å². The van der Waals surface area contributed by atoms with Gasteiger partial charge in [-0.2, -0.15) is 0 Å². The molecule has 1 fully saturated rings. The van der Waals surface area contributed by atoms with Gasteiger partial charge in [-0.05, 0) is 31.0 Å². The number of rotatable bonds is 10. The maximum atomic E-state index is 11.9. The first-order valence-electron chi connectivity index (χ1n) is 8.38. The summed E-state index contributed by atoms with van der Waals surface area (Å²) in [6.07, 6.45) is 2.58. The lowest BCUT2D eigenvalue weighted by atomic mass is 10.2. The molecule has 1 aliphatic rings. The molecule has 2 amide bonds. The Kier molecular flexibility index (Phi) is 7.16. The van der Waals surface area contributed by atoms with Crippen LogP contribution in [0.4, 0.5) is 0 Å². The summed E-state index contributed by atoms with van der Waals surface area (Å²) in [6, 6.07) is 4.70. The Morgan fingerprint density at radius 2 is 1.96 bits per heavy atom. The molecule has 0 radical (unpaired) electrons. The first-order chi connectivity index (χ1) is 12.9. The molecule has 9 nitrogen and oxygen atoms in total. The summed E-state index contributed by atoms with van der Waals surface area (Å²) < 4.78 is 15.2. The normalized spacial score (nSPS) is 12.7. The number of nitrogens with zero attached hydrogens (tertiary/aromatic N) is 1. The van der Waals surface area contributed by atoms with Crippen molar-refractivity contribution in [3.8, 4) is 11.5 Å². The number of nitrogens with one attached hydrogen (secondary N) is 1. The van der Waals surface area contributed by atoms with Crippen molar-refractivity contribution in [3.05, 3.63) is 23.8 Å². The Balaban J connectivity index is 1.72. The van der Waals surface area contributed by atoms with Crippen LogP contribution in [0.25, 0.3) is 0 Å². The van der Waals surface area contributed by atoms with Gasteiger partial charge in [0.25, 0.3) is 5.91 Å². The monoisotopic (exact) mass is 378 g/mol. The molecule has 0 aliphatic heterocycles. The third-order valence-electron chi connectivity index (χ3n) is 3.77. The third kappa shape index (κ3) is 6.61. The van der Waals surface area contributed by atoms with Crippen LogP contribution < -0.4 is 14.8 Å². The largest absolute Gasteiger partial charge is 0.493 e. The number of benzene rings is 1. The second-order valence-corrected chi connectivity index (χ2v) is 6.07. The van der Waals surface area contributed by atoms with Gasteiger partial charge < -0.3 is 24.4 Å². The second kappa shape index (κ2) is 9.56. The van der Waals surface area contributed by atoms with Crippen molar-refractivity contribution in [3.63, 3.8) is 0 Å². The summed E-state index contributed by atoms with van der Waals surface area (Å²) in [5.74, 6) is -0.929. The van der Waals surface area contributed by atoms with Gasteiger partial charge in [0.15, 0.2) is 24.7 Å². The van der Waals surface area contributed by atoms with Gasteiger partial charge >= 0.3 is 5.97 Å². The first-order valence-corrected chi connectivity index (χ1v) is 8.38. The highest BCUT2D eigenvalue weighted by Crippen LogP contribution is 2.27. The van der Waals surface area contributed by atoms with Crippen molar-refractivity contribution >= 4 is 24.1 Å². The van der Waals surface area contributed by atoms with Crippen molar-refractivity contribution in [1.82, 2.24) is 10.2 Å². The molecule has 9 heteroatoms. The number of methoxy groups -OCH3 is 1. The maximum absolute atomic E-state index is 11.9. The number of carbonyl (C=O) groups is 4. The summed E-state index contributed by atoms with van der Waals surface area (Å²) in [4.78, 5) is 47.2. The van der Waals surface area contributed by atoms with Gasteiger partial charge in [-0.15, -0.1) is 0 Å². The summed E-state index contributed by atoms with van der Waals surface area (Å²) in [5.41, 5.74) is 0.404. The Morgan fingerprint density at radius 1 is 1.22 bits per heavy atom. The SMILES string of the molecule is COc1cc(C=O)ccc1OCC(=O)OCC(=O)N(C)CC(=O)NC1CC1. The van der Waals surface area contributed by atoms with Gasteiger partial charge in [-0.3, -0.25) is 14.4 Å². The summed E-state index contributed by atoms with van der Waals surface area (Å²) in [6.45, 7) is -1.02. The zero-order valence-corrected chi connectivity index (χ0v) is 15.2. The molecule has 27 heavy (non-hydrogen) atoms. The van der Waals surface area contributed by atoms with E-state index in [0.717, 1.165) is 12.8 Å². The Bertz CT molecular complexity index is 716. The molecule has 1 N–H and O–H groups in total. The van der Waals surface area contributed by atoms with Gasteiger partial charge in [0.1, 0.15) is 6.29 Å². The first kappa shape index (κ1) is 20.2. The summed E-state index contributed by atoms with van der Waals surface area (Å²) in [7, 11) is 2.86. The van der Waals surface area contributed by atoms with Crippen molar-refractivity contribution in [2.24, 2.45) is 0 Å². The fraction of sp³-hybridized carbons (Fsp3) is 0.444. The van der Waals surface area contributed by atoms with Gasteiger partial charge in [-0.25, -0.2) is 4.79 Å². The van der Waals surface area contributed by atoms with Crippen LogP contribution in [0.3, 0.4) is 0 Å². The summed E-state index contributed by atoms with van der Waals surface area (Å²) >= 11 is 0. The van der Waals surface area contributed by atoms with Crippen molar-refractivity contribution in [2.45, 2.75) is 18.9 Å². The molecule has 1 aliphatic carbocycles. The molecule has 1 saturated carbocycles. The average Bonchev–Trinajstić information content (AvgIpc) is 3.47. The van der Waals surface area contributed by atoms with Gasteiger partial charge in [0.2, 0.25) is 5.91 Å². The molecule has 0 bridgehead atoms. The molecular formula is C18H22N2O7. The topological polar surface area (TPSA) is 111 Å². The molecule has 0 spiro atoms. The number of ether oxygens (including phenoxy) is 3. The van der Waals surface area contributed by atoms with Crippen LogP contribution in [0, 0.1) is 0 Å². The zero-order valence-electron chi connectivity index (χ0n) is 15.2.